The standard InChI is InChI=1S/C14H19ClN4O2S/c1-11(2)14(9-19-16-6-7-17-19)18-22(20,21)10-12-4-3-5-13(15)8-12/h3-8,11,14,18H,9-10H2,1-2H3. The second kappa shape index (κ2) is 7.21. The van der Waals surface area contributed by atoms with E-state index in [1.165, 1.54) is 4.80 Å². The summed E-state index contributed by atoms with van der Waals surface area (Å²) < 4.78 is 27.4. The van der Waals surface area contributed by atoms with Gasteiger partial charge in [-0.2, -0.15) is 15.0 Å². The van der Waals surface area contributed by atoms with E-state index >= 15 is 0 Å². The molecule has 0 aliphatic heterocycles. The molecule has 2 aromatic rings. The lowest BCUT2D eigenvalue weighted by atomic mass is 10.1. The summed E-state index contributed by atoms with van der Waals surface area (Å²) in [6.07, 6.45) is 3.13. The molecule has 2 rings (SSSR count). The van der Waals surface area contributed by atoms with Gasteiger partial charge in [-0.15, -0.1) is 0 Å². The van der Waals surface area contributed by atoms with Crippen molar-refractivity contribution in [2.45, 2.75) is 32.2 Å². The normalized spacial score (nSPS) is 13.5. The van der Waals surface area contributed by atoms with Crippen LogP contribution < -0.4 is 4.72 Å². The van der Waals surface area contributed by atoms with Crippen molar-refractivity contribution in [1.82, 2.24) is 19.7 Å². The van der Waals surface area contributed by atoms with E-state index in [1.807, 2.05) is 13.8 Å². The van der Waals surface area contributed by atoms with Crippen molar-refractivity contribution in [2.75, 3.05) is 0 Å². The fourth-order valence-corrected chi connectivity index (χ4v) is 3.74. The van der Waals surface area contributed by atoms with Crippen LogP contribution in [0.5, 0.6) is 0 Å². The molecule has 0 bridgehead atoms. The van der Waals surface area contributed by atoms with E-state index in [2.05, 4.69) is 14.9 Å². The van der Waals surface area contributed by atoms with Gasteiger partial charge in [0, 0.05) is 11.1 Å². The Morgan fingerprint density at radius 2 is 1.95 bits per heavy atom. The monoisotopic (exact) mass is 342 g/mol. The fraction of sp³-hybridized carbons (Fsp3) is 0.429. The smallest absolute Gasteiger partial charge is 0.212 e. The quantitative estimate of drug-likeness (QED) is 0.835. The second-order valence-electron chi connectivity index (χ2n) is 5.44. The largest absolute Gasteiger partial charge is 0.216 e. The third kappa shape index (κ3) is 5.08. The summed E-state index contributed by atoms with van der Waals surface area (Å²) in [6.45, 7) is 4.30. The molecule has 1 aromatic heterocycles. The second-order valence-corrected chi connectivity index (χ2v) is 7.63. The molecule has 1 aromatic carbocycles. The Morgan fingerprint density at radius 3 is 2.55 bits per heavy atom. The summed E-state index contributed by atoms with van der Waals surface area (Å²) >= 11 is 5.89. The lowest BCUT2D eigenvalue weighted by molar-refractivity contribution is 0.361. The number of aromatic nitrogens is 3. The molecular formula is C14H19ClN4O2S. The van der Waals surface area contributed by atoms with Crippen LogP contribution in [-0.2, 0) is 22.3 Å². The van der Waals surface area contributed by atoms with Gasteiger partial charge in [-0.25, -0.2) is 13.1 Å². The molecular weight excluding hydrogens is 324 g/mol. The zero-order chi connectivity index (χ0) is 16.2. The Hall–Kier alpha value is -1.44. The molecule has 1 N–H and O–H groups in total. The van der Waals surface area contributed by atoms with E-state index in [-0.39, 0.29) is 17.7 Å². The van der Waals surface area contributed by atoms with E-state index in [0.717, 1.165) is 0 Å². The van der Waals surface area contributed by atoms with E-state index in [0.29, 0.717) is 17.1 Å². The van der Waals surface area contributed by atoms with Gasteiger partial charge in [0.1, 0.15) is 0 Å². The van der Waals surface area contributed by atoms with E-state index in [1.54, 1.807) is 36.7 Å². The summed E-state index contributed by atoms with van der Waals surface area (Å²) in [5.74, 6) is 0.00342. The first-order valence-electron chi connectivity index (χ1n) is 6.94. The number of hydrogen-bond donors (Lipinski definition) is 1. The number of nitrogens with one attached hydrogen (secondary N) is 1. The van der Waals surface area contributed by atoms with Gasteiger partial charge in [-0.1, -0.05) is 37.6 Å². The van der Waals surface area contributed by atoms with Crippen molar-refractivity contribution in [2.24, 2.45) is 5.92 Å². The molecule has 0 aliphatic rings. The zero-order valence-corrected chi connectivity index (χ0v) is 14.0. The highest BCUT2D eigenvalue weighted by atomic mass is 35.5. The number of benzene rings is 1. The molecule has 0 amide bonds. The van der Waals surface area contributed by atoms with Gasteiger partial charge in [-0.05, 0) is 23.6 Å². The van der Waals surface area contributed by atoms with Crippen LogP contribution in [0.3, 0.4) is 0 Å². The van der Waals surface area contributed by atoms with Gasteiger partial charge < -0.3 is 0 Å². The number of nitrogens with zero attached hydrogens (tertiary/aromatic N) is 3. The number of halogens is 1. The molecule has 1 atom stereocenters. The lowest BCUT2D eigenvalue weighted by Crippen LogP contribution is -2.42. The summed E-state index contributed by atoms with van der Waals surface area (Å²) in [6, 6.07) is 6.56. The Labute approximate surface area is 135 Å². The average Bonchev–Trinajstić information content (AvgIpc) is 2.90. The summed E-state index contributed by atoms with van der Waals surface area (Å²) in [4.78, 5) is 1.48. The van der Waals surface area contributed by atoms with Crippen LogP contribution in [0.1, 0.15) is 19.4 Å². The maximum Gasteiger partial charge on any atom is 0.216 e. The van der Waals surface area contributed by atoms with E-state index in [4.69, 9.17) is 11.6 Å². The number of sulfonamides is 1. The molecule has 0 radical (unpaired) electrons. The summed E-state index contributed by atoms with van der Waals surface area (Å²) in [7, 11) is -3.48. The lowest BCUT2D eigenvalue weighted by Gasteiger charge is -2.21. The van der Waals surface area contributed by atoms with Crippen LogP contribution in [0.2, 0.25) is 5.02 Å². The molecule has 22 heavy (non-hydrogen) atoms. The van der Waals surface area contributed by atoms with Crippen LogP contribution in [0.4, 0.5) is 0 Å². The van der Waals surface area contributed by atoms with Gasteiger partial charge in [0.05, 0.1) is 24.7 Å². The summed E-state index contributed by atoms with van der Waals surface area (Å²) in [5.41, 5.74) is 0.653. The van der Waals surface area contributed by atoms with E-state index in [9.17, 15) is 8.42 Å². The minimum atomic E-state index is -3.48. The Kier molecular flexibility index (Phi) is 5.55. The molecule has 1 heterocycles. The first kappa shape index (κ1) is 16.9. The van der Waals surface area contributed by atoms with Gasteiger partial charge in [0.2, 0.25) is 10.0 Å². The van der Waals surface area contributed by atoms with Crippen LogP contribution >= 0.6 is 11.6 Å². The first-order valence-corrected chi connectivity index (χ1v) is 8.97. The molecule has 1 unspecified atom stereocenters. The van der Waals surface area contributed by atoms with Crippen molar-refractivity contribution >= 4 is 21.6 Å². The first-order chi connectivity index (χ1) is 10.4. The van der Waals surface area contributed by atoms with Crippen LogP contribution in [0.15, 0.2) is 36.7 Å². The molecule has 0 fully saturated rings. The minimum Gasteiger partial charge on any atom is -0.212 e. The molecule has 0 spiro atoms. The van der Waals surface area contributed by atoms with Crippen molar-refractivity contribution in [3.05, 3.63) is 47.2 Å². The molecule has 0 saturated heterocycles. The van der Waals surface area contributed by atoms with Crippen LogP contribution in [0.25, 0.3) is 0 Å². The minimum absolute atomic E-state index is 0.108. The number of rotatable bonds is 7. The molecule has 8 heteroatoms. The van der Waals surface area contributed by atoms with Gasteiger partial charge in [0.15, 0.2) is 0 Å². The highest BCUT2D eigenvalue weighted by Crippen LogP contribution is 2.14. The fourth-order valence-electron chi connectivity index (χ4n) is 2.02. The van der Waals surface area contributed by atoms with Gasteiger partial charge >= 0.3 is 0 Å². The van der Waals surface area contributed by atoms with Crippen molar-refractivity contribution in [3.63, 3.8) is 0 Å². The van der Waals surface area contributed by atoms with Crippen molar-refractivity contribution < 1.29 is 8.42 Å². The molecule has 0 saturated carbocycles. The van der Waals surface area contributed by atoms with Gasteiger partial charge in [-0.3, -0.25) is 0 Å². The van der Waals surface area contributed by atoms with E-state index < -0.39 is 10.0 Å². The third-order valence-corrected chi connectivity index (χ3v) is 4.82. The highest BCUT2D eigenvalue weighted by Gasteiger charge is 2.22. The Balaban J connectivity index is 2.07. The van der Waals surface area contributed by atoms with Crippen molar-refractivity contribution in [1.29, 1.82) is 0 Å². The Bertz CT molecular complexity index is 701. The van der Waals surface area contributed by atoms with Crippen LogP contribution in [0, 0.1) is 5.92 Å². The number of hydrogen-bond acceptors (Lipinski definition) is 4. The highest BCUT2D eigenvalue weighted by molar-refractivity contribution is 7.88. The Morgan fingerprint density at radius 1 is 1.27 bits per heavy atom. The third-order valence-electron chi connectivity index (χ3n) is 3.21. The van der Waals surface area contributed by atoms with Crippen molar-refractivity contribution in [3.8, 4) is 0 Å². The topological polar surface area (TPSA) is 76.9 Å². The predicted octanol–water partition coefficient (Wildman–Crippen LogP) is 2.08. The maximum atomic E-state index is 12.4. The van der Waals surface area contributed by atoms with Crippen LogP contribution in [-0.4, -0.2) is 29.5 Å². The molecule has 0 aliphatic carbocycles. The maximum absolute atomic E-state index is 12.4. The van der Waals surface area contributed by atoms with Gasteiger partial charge in [0.25, 0.3) is 0 Å². The zero-order valence-electron chi connectivity index (χ0n) is 12.5. The molecule has 120 valence electrons. The average molecular weight is 343 g/mol. The summed E-state index contributed by atoms with van der Waals surface area (Å²) in [5, 5.41) is 8.56. The molecule has 6 nitrogen and oxygen atoms in total. The SMILES string of the molecule is CC(C)C(Cn1nccn1)NS(=O)(=O)Cc1cccc(Cl)c1. The predicted molar refractivity (Wildman–Crippen MR) is 85.9 cm³/mol.